The number of hydrogen-bond donors (Lipinski definition) is 0. The first kappa shape index (κ1) is 20.6. The van der Waals surface area contributed by atoms with Gasteiger partial charge in [-0.1, -0.05) is 51.6 Å². The number of pyridine rings is 1. The van der Waals surface area contributed by atoms with Crippen molar-refractivity contribution in [3.8, 4) is 34.0 Å². The summed E-state index contributed by atoms with van der Waals surface area (Å²) in [6, 6.07) is 33.0. The third-order valence-corrected chi connectivity index (χ3v) is 4.57. The second-order valence-corrected chi connectivity index (χ2v) is 6.95. The van der Waals surface area contributed by atoms with Crippen molar-refractivity contribution < 1.29 is 27.1 Å². The first-order valence-electron chi connectivity index (χ1n) is 8.51. The molecular weight excluding hydrogens is 595 g/mol. The fourth-order valence-corrected chi connectivity index (χ4v) is 3.09. The van der Waals surface area contributed by atoms with Crippen LogP contribution in [0.5, 0.6) is 11.5 Å². The van der Waals surface area contributed by atoms with E-state index in [0.29, 0.717) is 11.5 Å². The molecule has 0 N–H and O–H groups in total. The molecule has 0 unspecified atom stereocenters. The van der Waals surface area contributed by atoms with Crippen molar-refractivity contribution in [3.63, 3.8) is 0 Å². The Morgan fingerprint density at radius 3 is 2.50 bits per heavy atom. The van der Waals surface area contributed by atoms with Gasteiger partial charge in [0.25, 0.3) is 0 Å². The molecule has 4 heteroatoms. The van der Waals surface area contributed by atoms with Crippen LogP contribution in [0.4, 0.5) is 0 Å². The molecular formula is C24H15AuBrNO. The van der Waals surface area contributed by atoms with Crippen LogP contribution in [-0.2, 0) is 22.4 Å². The van der Waals surface area contributed by atoms with Gasteiger partial charge in [0.2, 0.25) is 0 Å². The summed E-state index contributed by atoms with van der Waals surface area (Å²) in [4.78, 5) is 4.80. The first-order chi connectivity index (χ1) is 13.2. The van der Waals surface area contributed by atoms with Gasteiger partial charge in [0.05, 0.1) is 0 Å². The molecule has 1 heterocycles. The molecule has 0 fully saturated rings. The van der Waals surface area contributed by atoms with Crippen molar-refractivity contribution in [2.75, 3.05) is 0 Å². The number of rotatable bonds is 4. The first-order valence-corrected chi connectivity index (χ1v) is 9.31. The molecule has 0 atom stereocenters. The molecule has 4 aromatic rings. The fraction of sp³-hybridized carbons (Fsp3) is 0.0417. The largest absolute Gasteiger partial charge is 3.00 e. The predicted octanol–water partition coefficient (Wildman–Crippen LogP) is 6.68. The minimum absolute atomic E-state index is 0. The van der Waals surface area contributed by atoms with Crippen LogP contribution in [0.15, 0.2) is 77.3 Å². The van der Waals surface area contributed by atoms with E-state index >= 15 is 0 Å². The van der Waals surface area contributed by atoms with Gasteiger partial charge in [0.15, 0.2) is 0 Å². The number of aromatic nitrogens is 1. The van der Waals surface area contributed by atoms with Crippen LogP contribution in [0.25, 0.3) is 22.5 Å². The zero-order valence-corrected chi connectivity index (χ0v) is 18.7. The average molecular weight is 610 g/mol. The molecule has 0 aliphatic rings. The van der Waals surface area contributed by atoms with Crippen LogP contribution in [0.3, 0.4) is 0 Å². The van der Waals surface area contributed by atoms with Crippen LogP contribution < -0.4 is 4.74 Å². The van der Waals surface area contributed by atoms with E-state index in [1.807, 2.05) is 79.7 Å². The minimum Gasteiger partial charge on any atom is -0.503 e. The molecule has 0 amide bonds. The summed E-state index contributed by atoms with van der Waals surface area (Å²) >= 11 is 3.45. The van der Waals surface area contributed by atoms with Gasteiger partial charge in [0.1, 0.15) is 0 Å². The fourth-order valence-electron chi connectivity index (χ4n) is 2.75. The summed E-state index contributed by atoms with van der Waals surface area (Å²) in [6.45, 7) is 2.05. The number of ether oxygens (including phenoxy) is 1. The van der Waals surface area contributed by atoms with Gasteiger partial charge in [0, 0.05) is 11.5 Å². The number of halogens is 1. The molecule has 3 aromatic carbocycles. The standard InChI is InChI=1S/C24H15BrNO.Au/c1-17-13-14-21(27-20-10-5-9-19(25)15-20)16-22(17)24-12-6-11-23(26-24)18-7-3-2-4-8-18;/h2-7,9,11-15H,1H3;/q-3;+3. The Kier molecular flexibility index (Phi) is 6.87. The molecule has 0 saturated carbocycles. The molecule has 28 heavy (non-hydrogen) atoms. The van der Waals surface area contributed by atoms with E-state index in [1.54, 1.807) is 0 Å². The summed E-state index contributed by atoms with van der Waals surface area (Å²) in [5.74, 6) is 1.26. The maximum absolute atomic E-state index is 5.92. The van der Waals surface area contributed by atoms with E-state index in [-0.39, 0.29) is 22.4 Å². The zero-order valence-electron chi connectivity index (χ0n) is 15.0. The topological polar surface area (TPSA) is 22.1 Å². The summed E-state index contributed by atoms with van der Waals surface area (Å²) < 4.78 is 6.86. The Morgan fingerprint density at radius 2 is 1.71 bits per heavy atom. The van der Waals surface area contributed by atoms with Gasteiger partial charge >= 0.3 is 22.4 Å². The van der Waals surface area contributed by atoms with Gasteiger partial charge in [-0.2, -0.15) is 12.1 Å². The molecule has 1 aromatic heterocycles. The summed E-state index contributed by atoms with van der Waals surface area (Å²) in [7, 11) is 0. The Morgan fingerprint density at radius 1 is 0.857 bits per heavy atom. The van der Waals surface area contributed by atoms with Crippen LogP contribution in [0.1, 0.15) is 5.56 Å². The van der Waals surface area contributed by atoms with E-state index in [2.05, 4.69) is 34.1 Å². The van der Waals surface area contributed by atoms with Crippen LogP contribution in [0, 0.1) is 25.1 Å². The quantitative estimate of drug-likeness (QED) is 0.190. The second-order valence-electron chi connectivity index (χ2n) is 6.04. The molecule has 0 aliphatic carbocycles. The van der Waals surface area contributed by atoms with Gasteiger partial charge in [-0.25, -0.2) is 0 Å². The van der Waals surface area contributed by atoms with Gasteiger partial charge in [-0.05, 0) is 11.4 Å². The molecule has 0 spiro atoms. The van der Waals surface area contributed by atoms with Crippen molar-refractivity contribution >= 4 is 15.9 Å². The molecule has 4 rings (SSSR count). The summed E-state index contributed by atoms with van der Waals surface area (Å²) in [5.41, 5.74) is 4.70. The van der Waals surface area contributed by atoms with E-state index in [0.717, 1.165) is 32.6 Å². The SMILES string of the molecule is Cc1ccc(Oc2[c-]ccc(Br)c2)[c-]c1-c1cccc(-c2[c-]cccc2)n1.[Au+3]. The van der Waals surface area contributed by atoms with E-state index in [4.69, 9.17) is 9.72 Å². The summed E-state index contributed by atoms with van der Waals surface area (Å²) in [6.07, 6.45) is 0. The normalized spacial score (nSPS) is 10.2. The van der Waals surface area contributed by atoms with E-state index in [9.17, 15) is 0 Å². The van der Waals surface area contributed by atoms with Crippen LogP contribution in [-0.4, -0.2) is 4.98 Å². The number of benzene rings is 3. The summed E-state index contributed by atoms with van der Waals surface area (Å²) in [5, 5.41) is 0. The Labute approximate surface area is 189 Å². The van der Waals surface area contributed by atoms with Crippen molar-refractivity contribution in [1.29, 1.82) is 0 Å². The Bertz CT molecular complexity index is 1080. The molecule has 2 nitrogen and oxygen atoms in total. The van der Waals surface area contributed by atoms with Crippen molar-refractivity contribution in [1.82, 2.24) is 4.98 Å². The van der Waals surface area contributed by atoms with Crippen molar-refractivity contribution in [2.24, 2.45) is 0 Å². The molecule has 0 aliphatic heterocycles. The second kappa shape index (κ2) is 9.35. The zero-order chi connectivity index (χ0) is 18.6. The van der Waals surface area contributed by atoms with Gasteiger partial charge in [-0.15, -0.1) is 71.3 Å². The maximum Gasteiger partial charge on any atom is 3.00 e. The number of aryl methyl sites for hydroxylation is 1. The number of nitrogens with zero attached hydrogens (tertiary/aromatic N) is 1. The number of hydrogen-bond acceptors (Lipinski definition) is 2. The maximum atomic E-state index is 5.92. The smallest absolute Gasteiger partial charge is 0.503 e. The van der Waals surface area contributed by atoms with Crippen molar-refractivity contribution in [2.45, 2.75) is 6.92 Å². The Balaban J connectivity index is 0.00000225. The third kappa shape index (κ3) is 4.81. The minimum atomic E-state index is 0. The molecule has 0 radical (unpaired) electrons. The predicted molar refractivity (Wildman–Crippen MR) is 111 cm³/mol. The van der Waals surface area contributed by atoms with Gasteiger partial charge in [-0.3, -0.25) is 0 Å². The van der Waals surface area contributed by atoms with E-state index < -0.39 is 0 Å². The molecule has 0 bridgehead atoms. The molecule has 0 saturated heterocycles. The van der Waals surface area contributed by atoms with E-state index in [1.165, 1.54) is 0 Å². The van der Waals surface area contributed by atoms with Crippen LogP contribution in [0.2, 0.25) is 0 Å². The van der Waals surface area contributed by atoms with Gasteiger partial charge < -0.3 is 9.72 Å². The monoisotopic (exact) mass is 609 g/mol. The third-order valence-electron chi connectivity index (χ3n) is 4.07. The van der Waals surface area contributed by atoms with Crippen LogP contribution >= 0.6 is 15.9 Å². The average Bonchev–Trinajstić information content (AvgIpc) is 2.70. The van der Waals surface area contributed by atoms with Crippen molar-refractivity contribution in [3.05, 3.63) is 101 Å². The molecule has 140 valence electrons. The Hall–Kier alpha value is -2.17.